The summed E-state index contributed by atoms with van der Waals surface area (Å²) >= 11 is 0. The van der Waals surface area contributed by atoms with E-state index < -0.39 is 11.8 Å². The number of benzene rings is 2. The van der Waals surface area contributed by atoms with Crippen LogP contribution in [0, 0.1) is 19.7 Å². The van der Waals surface area contributed by atoms with Gasteiger partial charge in [0.15, 0.2) is 0 Å². The summed E-state index contributed by atoms with van der Waals surface area (Å²) in [6.07, 6.45) is 1.66. The highest BCUT2D eigenvalue weighted by Crippen LogP contribution is 2.26. The van der Waals surface area contributed by atoms with Crippen LogP contribution in [0.25, 0.3) is 17.5 Å². The fourth-order valence-electron chi connectivity index (χ4n) is 3.02. The van der Waals surface area contributed by atoms with Crippen molar-refractivity contribution in [1.29, 1.82) is 0 Å². The standard InChI is InChI=1S/C25H26FNO5/c1-5-29-23(25(28)30-6-2)14-18-11-12-19(13-16(18)3)31-15-22-17(4)32-24(27-22)20-9-7-8-10-21(20)26/h7-14H,5-6,15H2,1-4H3/b23-14-. The Bertz CT molecular complexity index is 1120. The van der Waals surface area contributed by atoms with Crippen LogP contribution in [-0.4, -0.2) is 24.2 Å². The van der Waals surface area contributed by atoms with Gasteiger partial charge >= 0.3 is 5.97 Å². The summed E-state index contributed by atoms with van der Waals surface area (Å²) in [6.45, 7) is 8.03. The zero-order chi connectivity index (χ0) is 23.1. The number of oxazole rings is 1. The molecular formula is C25H26FNO5. The van der Waals surface area contributed by atoms with Crippen molar-refractivity contribution >= 4 is 12.0 Å². The SMILES string of the molecule is CCOC(=O)/C(=C/c1ccc(OCc2nc(-c3ccccc3F)oc2C)cc1C)OCC. The maximum Gasteiger partial charge on any atom is 0.373 e. The first-order valence-corrected chi connectivity index (χ1v) is 10.4. The number of esters is 1. The number of ether oxygens (including phenoxy) is 3. The van der Waals surface area contributed by atoms with E-state index in [0.717, 1.165) is 11.1 Å². The van der Waals surface area contributed by atoms with Gasteiger partial charge in [-0.3, -0.25) is 0 Å². The molecule has 32 heavy (non-hydrogen) atoms. The molecule has 0 fully saturated rings. The van der Waals surface area contributed by atoms with Crippen LogP contribution in [0.1, 0.15) is 36.4 Å². The van der Waals surface area contributed by atoms with Gasteiger partial charge in [0, 0.05) is 0 Å². The maximum atomic E-state index is 14.0. The molecule has 0 saturated carbocycles. The number of carbonyl (C=O) groups excluding carboxylic acids is 1. The number of aromatic nitrogens is 1. The van der Waals surface area contributed by atoms with Gasteiger partial charge < -0.3 is 18.6 Å². The van der Waals surface area contributed by atoms with Crippen molar-refractivity contribution in [2.45, 2.75) is 34.3 Å². The molecule has 0 atom stereocenters. The first-order chi connectivity index (χ1) is 15.4. The molecule has 0 spiro atoms. The molecule has 0 bridgehead atoms. The Hall–Kier alpha value is -3.61. The first kappa shape index (κ1) is 23.1. The lowest BCUT2D eigenvalue weighted by Crippen LogP contribution is -2.10. The average Bonchev–Trinajstić information content (AvgIpc) is 3.14. The molecular weight excluding hydrogens is 413 g/mol. The lowest BCUT2D eigenvalue weighted by atomic mass is 10.1. The van der Waals surface area contributed by atoms with E-state index in [-0.39, 0.29) is 24.9 Å². The third-order valence-corrected chi connectivity index (χ3v) is 4.68. The fraction of sp³-hybridized carbons (Fsp3) is 0.280. The highest BCUT2D eigenvalue weighted by molar-refractivity contribution is 5.91. The molecule has 0 radical (unpaired) electrons. The number of halogens is 1. The second-order valence-electron chi connectivity index (χ2n) is 6.97. The van der Waals surface area contributed by atoms with Gasteiger partial charge in [-0.05, 0) is 69.2 Å². The van der Waals surface area contributed by atoms with Crippen molar-refractivity contribution in [2.24, 2.45) is 0 Å². The largest absolute Gasteiger partial charge is 0.487 e. The third-order valence-electron chi connectivity index (χ3n) is 4.68. The molecule has 3 rings (SSSR count). The van der Waals surface area contributed by atoms with Crippen molar-refractivity contribution in [3.63, 3.8) is 0 Å². The highest BCUT2D eigenvalue weighted by Gasteiger charge is 2.16. The lowest BCUT2D eigenvalue weighted by Gasteiger charge is -2.10. The van der Waals surface area contributed by atoms with Gasteiger partial charge in [-0.2, -0.15) is 0 Å². The molecule has 0 aliphatic rings. The van der Waals surface area contributed by atoms with E-state index in [1.165, 1.54) is 6.07 Å². The van der Waals surface area contributed by atoms with E-state index in [0.29, 0.717) is 29.4 Å². The minimum Gasteiger partial charge on any atom is -0.487 e. The summed E-state index contributed by atoms with van der Waals surface area (Å²) in [4.78, 5) is 16.4. The zero-order valence-electron chi connectivity index (χ0n) is 18.6. The minimum absolute atomic E-state index is 0.157. The number of hydrogen-bond acceptors (Lipinski definition) is 6. The van der Waals surface area contributed by atoms with E-state index in [4.69, 9.17) is 18.6 Å². The summed E-state index contributed by atoms with van der Waals surface area (Å²) in [7, 11) is 0. The van der Waals surface area contributed by atoms with Crippen molar-refractivity contribution < 1.29 is 27.8 Å². The Balaban J connectivity index is 1.73. The molecule has 1 heterocycles. The lowest BCUT2D eigenvalue weighted by molar-refractivity contribution is -0.142. The van der Waals surface area contributed by atoms with Crippen LogP contribution in [0.2, 0.25) is 0 Å². The quantitative estimate of drug-likeness (QED) is 0.245. The van der Waals surface area contributed by atoms with E-state index in [1.54, 1.807) is 51.1 Å². The van der Waals surface area contributed by atoms with Crippen LogP contribution in [0.3, 0.4) is 0 Å². The van der Waals surface area contributed by atoms with Crippen LogP contribution in [0.4, 0.5) is 4.39 Å². The molecule has 1 aromatic heterocycles. The summed E-state index contributed by atoms with van der Waals surface area (Å²) in [5, 5.41) is 0. The normalized spacial score (nSPS) is 11.3. The molecule has 0 aliphatic carbocycles. The molecule has 0 saturated heterocycles. The van der Waals surface area contributed by atoms with Crippen LogP contribution < -0.4 is 4.74 Å². The van der Waals surface area contributed by atoms with E-state index in [1.807, 2.05) is 19.1 Å². The predicted octanol–water partition coefficient (Wildman–Crippen LogP) is 5.62. The monoisotopic (exact) mass is 439 g/mol. The van der Waals surface area contributed by atoms with E-state index in [9.17, 15) is 9.18 Å². The molecule has 7 heteroatoms. The topological polar surface area (TPSA) is 70.8 Å². The third kappa shape index (κ3) is 5.55. The van der Waals surface area contributed by atoms with Crippen molar-refractivity contribution in [2.75, 3.05) is 13.2 Å². The molecule has 2 aromatic carbocycles. The average molecular weight is 439 g/mol. The molecule has 168 valence electrons. The Morgan fingerprint density at radius 3 is 2.53 bits per heavy atom. The Morgan fingerprint density at radius 1 is 1.09 bits per heavy atom. The Morgan fingerprint density at radius 2 is 1.84 bits per heavy atom. The summed E-state index contributed by atoms with van der Waals surface area (Å²) in [5.41, 5.74) is 2.60. The highest BCUT2D eigenvalue weighted by atomic mass is 19.1. The van der Waals surface area contributed by atoms with Crippen molar-refractivity contribution in [3.8, 4) is 17.2 Å². The minimum atomic E-state index is -0.499. The molecule has 0 unspecified atom stereocenters. The van der Waals surface area contributed by atoms with Gasteiger partial charge in [0.25, 0.3) is 0 Å². The van der Waals surface area contributed by atoms with Gasteiger partial charge in [0.2, 0.25) is 11.6 Å². The number of aryl methyl sites for hydroxylation is 2. The van der Waals surface area contributed by atoms with Gasteiger partial charge in [0.1, 0.15) is 29.6 Å². The van der Waals surface area contributed by atoms with Gasteiger partial charge in [-0.1, -0.05) is 18.2 Å². The molecule has 3 aromatic rings. The van der Waals surface area contributed by atoms with Crippen molar-refractivity contribution in [1.82, 2.24) is 4.98 Å². The second-order valence-corrected chi connectivity index (χ2v) is 6.97. The van der Waals surface area contributed by atoms with Gasteiger partial charge in [-0.15, -0.1) is 0 Å². The zero-order valence-corrected chi connectivity index (χ0v) is 18.6. The van der Waals surface area contributed by atoms with Crippen molar-refractivity contribution in [3.05, 3.63) is 76.6 Å². The number of nitrogens with zero attached hydrogens (tertiary/aromatic N) is 1. The smallest absolute Gasteiger partial charge is 0.373 e. The van der Waals surface area contributed by atoms with Crippen LogP contribution in [-0.2, 0) is 20.9 Å². The Labute approximate surface area is 186 Å². The molecule has 0 N–H and O–H groups in total. The number of hydrogen-bond donors (Lipinski definition) is 0. The molecule has 6 nitrogen and oxygen atoms in total. The van der Waals surface area contributed by atoms with E-state index >= 15 is 0 Å². The summed E-state index contributed by atoms with van der Waals surface area (Å²) in [6, 6.07) is 11.8. The number of rotatable bonds is 9. The number of carbonyl (C=O) groups is 1. The summed E-state index contributed by atoms with van der Waals surface area (Å²) < 4.78 is 36.0. The Kier molecular flexibility index (Phi) is 7.65. The summed E-state index contributed by atoms with van der Waals surface area (Å²) in [5.74, 6) is 0.679. The van der Waals surface area contributed by atoms with Crippen LogP contribution >= 0.6 is 0 Å². The first-order valence-electron chi connectivity index (χ1n) is 10.4. The second kappa shape index (κ2) is 10.6. The maximum absolute atomic E-state index is 14.0. The predicted molar refractivity (Wildman–Crippen MR) is 118 cm³/mol. The molecule has 0 amide bonds. The van der Waals surface area contributed by atoms with Gasteiger partial charge in [-0.25, -0.2) is 14.2 Å². The van der Waals surface area contributed by atoms with Crippen LogP contribution in [0.15, 0.2) is 52.6 Å². The van der Waals surface area contributed by atoms with Crippen LogP contribution in [0.5, 0.6) is 5.75 Å². The van der Waals surface area contributed by atoms with E-state index in [2.05, 4.69) is 4.98 Å². The fourth-order valence-corrected chi connectivity index (χ4v) is 3.02. The molecule has 0 aliphatic heterocycles. The van der Waals surface area contributed by atoms with Gasteiger partial charge in [0.05, 0.1) is 18.8 Å².